The van der Waals surface area contributed by atoms with Gasteiger partial charge >= 0.3 is 0 Å². The van der Waals surface area contributed by atoms with E-state index in [-0.39, 0.29) is 16.9 Å². The maximum atomic E-state index is 12.3. The molecule has 9 heteroatoms. The maximum absolute atomic E-state index is 12.3. The summed E-state index contributed by atoms with van der Waals surface area (Å²) in [6, 6.07) is 12.0. The van der Waals surface area contributed by atoms with Gasteiger partial charge in [-0.2, -0.15) is 0 Å². The molecule has 2 aromatic heterocycles. The lowest BCUT2D eigenvalue weighted by atomic mass is 10.2. The molecule has 3 aromatic rings. The number of carbonyl (C=O) groups excluding carboxylic acids is 1. The highest BCUT2D eigenvalue weighted by Crippen LogP contribution is 2.23. The standard InChI is InChI=1S/C18H16N4O4S/c23-18(15-8-9-16(26-15)27(24,25)22-13-6-7-13)21-14-10-19-17(20-11-14)12-4-2-1-3-5-12/h1-5,8-11,13,22H,6-7H2,(H,21,23). The van der Waals surface area contributed by atoms with Gasteiger partial charge in [0.1, 0.15) is 0 Å². The van der Waals surface area contributed by atoms with Crippen LogP contribution in [0.5, 0.6) is 0 Å². The molecule has 0 bridgehead atoms. The smallest absolute Gasteiger partial charge is 0.291 e. The molecule has 1 aliphatic carbocycles. The number of amides is 1. The maximum Gasteiger partial charge on any atom is 0.291 e. The second-order valence-electron chi connectivity index (χ2n) is 6.13. The monoisotopic (exact) mass is 384 g/mol. The minimum absolute atomic E-state index is 0.0438. The van der Waals surface area contributed by atoms with Crippen molar-refractivity contribution in [3.05, 3.63) is 60.6 Å². The van der Waals surface area contributed by atoms with Crippen molar-refractivity contribution >= 4 is 21.6 Å². The lowest BCUT2D eigenvalue weighted by Crippen LogP contribution is -2.25. The summed E-state index contributed by atoms with van der Waals surface area (Å²) in [5.41, 5.74) is 1.23. The number of sulfonamides is 1. The average Bonchev–Trinajstić information content (AvgIpc) is 3.32. The number of nitrogens with zero attached hydrogens (tertiary/aromatic N) is 2. The Morgan fingerprint density at radius 1 is 1.04 bits per heavy atom. The largest absolute Gasteiger partial charge is 0.438 e. The first-order valence-electron chi connectivity index (χ1n) is 8.32. The molecular formula is C18H16N4O4S. The lowest BCUT2D eigenvalue weighted by Gasteiger charge is -2.04. The van der Waals surface area contributed by atoms with Crippen LogP contribution in [0, 0.1) is 0 Å². The van der Waals surface area contributed by atoms with Crippen molar-refractivity contribution in [3.63, 3.8) is 0 Å². The molecule has 27 heavy (non-hydrogen) atoms. The first kappa shape index (κ1) is 17.4. The van der Waals surface area contributed by atoms with Crippen molar-refractivity contribution in [2.24, 2.45) is 0 Å². The number of hydrogen-bond acceptors (Lipinski definition) is 6. The van der Waals surface area contributed by atoms with Crippen LogP contribution in [0.1, 0.15) is 23.4 Å². The van der Waals surface area contributed by atoms with Gasteiger partial charge in [-0.3, -0.25) is 4.79 Å². The number of rotatable bonds is 6. The fourth-order valence-corrected chi connectivity index (χ4v) is 3.62. The van der Waals surface area contributed by atoms with Crippen LogP contribution in [0.2, 0.25) is 0 Å². The zero-order valence-corrected chi connectivity index (χ0v) is 14.9. The van der Waals surface area contributed by atoms with Crippen LogP contribution in [-0.2, 0) is 10.0 Å². The van der Waals surface area contributed by atoms with E-state index in [2.05, 4.69) is 20.0 Å². The van der Waals surface area contributed by atoms with Gasteiger partial charge < -0.3 is 9.73 Å². The molecule has 1 amide bonds. The Balaban J connectivity index is 1.45. The van der Waals surface area contributed by atoms with E-state index in [1.54, 1.807) is 0 Å². The third-order valence-electron chi connectivity index (χ3n) is 3.91. The molecule has 0 aliphatic heterocycles. The van der Waals surface area contributed by atoms with Gasteiger partial charge in [0.25, 0.3) is 15.9 Å². The highest BCUT2D eigenvalue weighted by atomic mass is 32.2. The zero-order valence-electron chi connectivity index (χ0n) is 14.1. The van der Waals surface area contributed by atoms with E-state index >= 15 is 0 Å². The predicted molar refractivity (Wildman–Crippen MR) is 97.5 cm³/mol. The molecule has 1 aromatic carbocycles. The molecule has 0 radical (unpaired) electrons. The minimum atomic E-state index is -3.74. The highest BCUT2D eigenvalue weighted by Gasteiger charge is 2.30. The third kappa shape index (κ3) is 4.04. The van der Waals surface area contributed by atoms with Crippen molar-refractivity contribution in [1.29, 1.82) is 0 Å². The van der Waals surface area contributed by atoms with Gasteiger partial charge in [0.15, 0.2) is 11.6 Å². The van der Waals surface area contributed by atoms with Gasteiger partial charge in [-0.15, -0.1) is 0 Å². The molecular weight excluding hydrogens is 368 g/mol. The summed E-state index contributed by atoms with van der Waals surface area (Å²) in [5.74, 6) is -0.164. The number of benzene rings is 1. The van der Waals surface area contributed by atoms with Gasteiger partial charge in [-0.1, -0.05) is 30.3 Å². The molecule has 4 rings (SSSR count). The molecule has 0 unspecified atom stereocenters. The number of carbonyl (C=O) groups is 1. The molecule has 1 saturated carbocycles. The van der Waals surface area contributed by atoms with E-state index in [1.807, 2.05) is 30.3 Å². The van der Waals surface area contributed by atoms with Gasteiger partial charge in [-0.05, 0) is 25.0 Å². The summed E-state index contributed by atoms with van der Waals surface area (Å²) in [6.07, 6.45) is 4.57. The van der Waals surface area contributed by atoms with E-state index in [0.717, 1.165) is 18.4 Å². The summed E-state index contributed by atoms with van der Waals surface area (Å²) in [4.78, 5) is 20.7. The Kier molecular flexibility index (Phi) is 4.46. The van der Waals surface area contributed by atoms with Gasteiger partial charge in [0, 0.05) is 11.6 Å². The van der Waals surface area contributed by atoms with E-state index in [4.69, 9.17) is 4.42 Å². The van der Waals surface area contributed by atoms with Gasteiger partial charge in [0.2, 0.25) is 5.09 Å². The second-order valence-corrected chi connectivity index (χ2v) is 7.77. The number of aromatic nitrogens is 2. The number of furan rings is 1. The van der Waals surface area contributed by atoms with Crippen LogP contribution in [-0.4, -0.2) is 30.3 Å². The van der Waals surface area contributed by atoms with Crippen LogP contribution in [0.25, 0.3) is 11.4 Å². The van der Waals surface area contributed by atoms with Crippen molar-refractivity contribution in [1.82, 2.24) is 14.7 Å². The molecule has 0 saturated heterocycles. The van der Waals surface area contributed by atoms with Crippen LogP contribution >= 0.6 is 0 Å². The van der Waals surface area contributed by atoms with E-state index < -0.39 is 15.9 Å². The van der Waals surface area contributed by atoms with Crippen molar-refractivity contribution < 1.29 is 17.6 Å². The molecule has 138 valence electrons. The van der Waals surface area contributed by atoms with E-state index in [9.17, 15) is 13.2 Å². The molecule has 0 atom stereocenters. The highest BCUT2D eigenvalue weighted by molar-refractivity contribution is 7.89. The molecule has 2 heterocycles. The summed E-state index contributed by atoms with van der Waals surface area (Å²) in [5, 5.41) is 2.30. The summed E-state index contributed by atoms with van der Waals surface area (Å²) in [6.45, 7) is 0. The molecule has 0 spiro atoms. The number of anilines is 1. The quantitative estimate of drug-likeness (QED) is 0.675. The lowest BCUT2D eigenvalue weighted by molar-refractivity contribution is 0.0991. The third-order valence-corrected chi connectivity index (χ3v) is 5.30. The zero-order chi connectivity index (χ0) is 18.9. The Morgan fingerprint density at radius 2 is 1.74 bits per heavy atom. The average molecular weight is 384 g/mol. The Labute approximate surface area is 155 Å². The first-order chi connectivity index (χ1) is 13.0. The van der Waals surface area contributed by atoms with Crippen molar-refractivity contribution in [3.8, 4) is 11.4 Å². The van der Waals surface area contributed by atoms with Gasteiger partial charge in [-0.25, -0.2) is 23.1 Å². The first-order valence-corrected chi connectivity index (χ1v) is 9.80. The van der Waals surface area contributed by atoms with Gasteiger partial charge in [0.05, 0.1) is 18.1 Å². The fraction of sp³-hybridized carbons (Fsp3) is 0.167. The normalized spacial score (nSPS) is 14.1. The Hall–Kier alpha value is -3.04. The number of nitrogens with one attached hydrogen (secondary N) is 2. The predicted octanol–water partition coefficient (Wildman–Crippen LogP) is 2.43. The molecule has 2 N–H and O–H groups in total. The van der Waals surface area contributed by atoms with Crippen LogP contribution in [0.15, 0.2) is 64.4 Å². The van der Waals surface area contributed by atoms with E-state index in [0.29, 0.717) is 11.5 Å². The van der Waals surface area contributed by atoms with E-state index in [1.165, 1.54) is 24.5 Å². The van der Waals surface area contributed by atoms with Crippen LogP contribution < -0.4 is 10.0 Å². The summed E-state index contributed by atoms with van der Waals surface area (Å²) < 4.78 is 31.9. The Morgan fingerprint density at radius 3 is 2.41 bits per heavy atom. The summed E-state index contributed by atoms with van der Waals surface area (Å²) in [7, 11) is -3.74. The SMILES string of the molecule is O=C(Nc1cnc(-c2ccccc2)nc1)c1ccc(S(=O)(=O)NC2CC2)o1. The number of hydrogen-bond donors (Lipinski definition) is 2. The second kappa shape index (κ2) is 6.93. The fourth-order valence-electron chi connectivity index (χ4n) is 2.39. The van der Waals surface area contributed by atoms with Crippen LogP contribution in [0.3, 0.4) is 0 Å². The molecule has 1 aliphatic rings. The minimum Gasteiger partial charge on any atom is -0.438 e. The topological polar surface area (TPSA) is 114 Å². The summed E-state index contributed by atoms with van der Waals surface area (Å²) >= 11 is 0. The van der Waals surface area contributed by atoms with Crippen molar-refractivity contribution in [2.45, 2.75) is 24.0 Å². The molecule has 1 fully saturated rings. The Bertz CT molecular complexity index is 1060. The molecule has 8 nitrogen and oxygen atoms in total. The van der Waals surface area contributed by atoms with Crippen molar-refractivity contribution in [2.75, 3.05) is 5.32 Å². The van der Waals surface area contributed by atoms with Crippen LogP contribution in [0.4, 0.5) is 5.69 Å².